The van der Waals surface area contributed by atoms with Gasteiger partial charge in [-0.1, -0.05) is 0 Å². The van der Waals surface area contributed by atoms with Crippen molar-refractivity contribution in [3.8, 4) is 0 Å². The topological polar surface area (TPSA) is 104 Å². The minimum absolute atomic E-state index is 0.242. The third-order valence-corrected chi connectivity index (χ3v) is 13.9. The van der Waals surface area contributed by atoms with E-state index in [1.807, 2.05) is 13.8 Å². The van der Waals surface area contributed by atoms with Gasteiger partial charge in [-0.05, 0) is 0 Å². The fraction of sp³-hybridized carbons (Fsp3) is 0.750. The first-order valence-corrected chi connectivity index (χ1v) is 15.2. The Labute approximate surface area is 206 Å². The van der Waals surface area contributed by atoms with Crippen LogP contribution in [0.3, 0.4) is 0 Å². The molecule has 0 aliphatic carbocycles. The number of nitrogens with zero attached hydrogens (tertiary/aromatic N) is 2. The van der Waals surface area contributed by atoms with Gasteiger partial charge in [-0.3, -0.25) is 0 Å². The Hall–Kier alpha value is -1.22. The Morgan fingerprint density at radius 3 is 2.30 bits per heavy atom. The first-order valence-electron chi connectivity index (χ1n) is 11.9. The van der Waals surface area contributed by atoms with Gasteiger partial charge in [-0.2, -0.15) is 0 Å². The second kappa shape index (κ2) is 8.77. The molecule has 3 aliphatic heterocycles. The van der Waals surface area contributed by atoms with Crippen molar-refractivity contribution in [1.29, 1.82) is 0 Å². The summed E-state index contributed by atoms with van der Waals surface area (Å²) in [5.74, 6) is -2.83. The molecule has 3 aliphatic rings. The van der Waals surface area contributed by atoms with Crippen molar-refractivity contribution in [3.63, 3.8) is 0 Å². The molecule has 33 heavy (non-hydrogen) atoms. The van der Waals surface area contributed by atoms with E-state index in [1.54, 1.807) is 20.8 Å². The summed E-state index contributed by atoms with van der Waals surface area (Å²) in [6, 6.07) is -0.264. The maximum absolute atomic E-state index is 16.6. The molecular formula is C24H37FInN3O4. The number of rotatable bonds is 7. The predicted octanol–water partition coefficient (Wildman–Crippen LogP) is 1.67. The molecule has 0 aromatic heterocycles. The number of nitrogens with two attached hydrogens (primary N) is 1. The normalized spacial score (nSPS) is 35.9. The molecule has 1 amide bonds. The van der Waals surface area contributed by atoms with Gasteiger partial charge in [0.2, 0.25) is 0 Å². The number of carboxylic acid groups (broad SMARTS) is 1. The van der Waals surface area contributed by atoms with Crippen LogP contribution in [0.5, 0.6) is 0 Å². The number of Topliss-reactive ketones (excluding diaryl/α,β-unsaturated/α-hetero) is 1. The number of allylic oxidation sites excluding steroid dienone is 1. The zero-order valence-corrected chi connectivity index (χ0v) is 24.2. The van der Waals surface area contributed by atoms with Crippen molar-refractivity contribution in [2.75, 3.05) is 26.2 Å². The van der Waals surface area contributed by atoms with Crippen molar-refractivity contribution >= 4 is 43.3 Å². The van der Waals surface area contributed by atoms with Crippen LogP contribution in [0.2, 0.25) is 0 Å². The van der Waals surface area contributed by atoms with Crippen LogP contribution < -0.4 is 5.73 Å². The molecule has 182 valence electrons. The number of primary amides is 1. The molecule has 0 radical (unpaired) electrons. The van der Waals surface area contributed by atoms with Gasteiger partial charge in [0, 0.05) is 0 Å². The number of carbonyl (C=O) groups is 3. The Morgan fingerprint density at radius 1 is 1.27 bits per heavy atom. The first-order chi connectivity index (χ1) is 15.2. The zero-order valence-electron chi connectivity index (χ0n) is 20.9. The molecule has 1 fully saturated rings. The van der Waals surface area contributed by atoms with Gasteiger partial charge >= 0.3 is 207 Å². The third kappa shape index (κ3) is 3.63. The van der Waals surface area contributed by atoms with Crippen molar-refractivity contribution < 1.29 is 23.9 Å². The van der Waals surface area contributed by atoms with Crippen LogP contribution in [0.4, 0.5) is 4.39 Å². The summed E-state index contributed by atoms with van der Waals surface area (Å²) in [5.41, 5.74) is 4.08. The summed E-state index contributed by atoms with van der Waals surface area (Å²) in [4.78, 5) is 42.7. The van der Waals surface area contributed by atoms with Crippen molar-refractivity contribution in [2.45, 2.75) is 64.4 Å². The van der Waals surface area contributed by atoms with E-state index in [4.69, 9.17) is 5.73 Å². The number of aliphatic carboxylic acids is 1. The van der Waals surface area contributed by atoms with Gasteiger partial charge in [-0.15, -0.1) is 0 Å². The summed E-state index contributed by atoms with van der Waals surface area (Å²) in [5, 5.41) is 10.6. The number of ketones is 1. The minimum atomic E-state index is -2.36. The van der Waals surface area contributed by atoms with Gasteiger partial charge in [0.05, 0.1) is 0 Å². The van der Waals surface area contributed by atoms with Gasteiger partial charge in [0.1, 0.15) is 0 Å². The second-order valence-corrected chi connectivity index (χ2v) is 15.8. The first kappa shape index (κ1) is 26.4. The molecular weight excluding hydrogens is 528 g/mol. The zero-order chi connectivity index (χ0) is 25.1. The molecule has 3 N–H and O–H groups in total. The summed E-state index contributed by atoms with van der Waals surface area (Å²) in [6.45, 7) is 16.2. The van der Waals surface area contributed by atoms with E-state index in [2.05, 4.69) is 23.6 Å². The van der Waals surface area contributed by atoms with Crippen molar-refractivity contribution in [3.05, 3.63) is 11.3 Å². The Bertz CT molecular complexity index is 938. The molecule has 0 spiro atoms. The van der Waals surface area contributed by atoms with Crippen LogP contribution in [0.15, 0.2) is 11.3 Å². The van der Waals surface area contributed by atoms with Crippen LogP contribution in [-0.2, 0) is 14.4 Å². The molecule has 0 saturated carbocycles. The summed E-state index contributed by atoms with van der Waals surface area (Å²) in [6.07, 6.45) is -0.327. The third-order valence-electron chi connectivity index (χ3n) is 8.23. The van der Waals surface area contributed by atoms with Crippen molar-refractivity contribution in [1.82, 2.24) is 9.80 Å². The summed E-state index contributed by atoms with van der Waals surface area (Å²) < 4.78 is 15.1. The maximum atomic E-state index is 16.6. The summed E-state index contributed by atoms with van der Waals surface area (Å²) in [7, 11) is 0. The predicted molar refractivity (Wildman–Crippen MR) is 127 cm³/mol. The van der Waals surface area contributed by atoms with Gasteiger partial charge < -0.3 is 0 Å². The monoisotopic (exact) mass is 565 g/mol. The fourth-order valence-electron chi connectivity index (χ4n) is 6.72. The van der Waals surface area contributed by atoms with E-state index in [0.717, 1.165) is 13.1 Å². The number of halogens is 1. The number of likely N-dealkylation sites (tertiary alicyclic amines) is 1. The number of likely N-dealkylation sites (N-methyl/N-ethyl adjacent to an activating group) is 1. The number of amides is 1. The van der Waals surface area contributed by atoms with Gasteiger partial charge in [0.25, 0.3) is 0 Å². The number of alkyl halides is 1. The fourth-order valence-corrected chi connectivity index (χ4v) is 13.7. The average Bonchev–Trinajstić information content (AvgIpc) is 3.22. The number of hydrogen-bond acceptors (Lipinski definition) is 5. The van der Waals surface area contributed by atoms with E-state index in [-0.39, 0.29) is 18.2 Å². The average molecular weight is 565 g/mol. The van der Waals surface area contributed by atoms with Gasteiger partial charge in [0.15, 0.2) is 0 Å². The number of carbonyl (C=O) groups excluding carboxylic acids is 2. The van der Waals surface area contributed by atoms with E-state index in [1.165, 1.54) is 0 Å². The van der Waals surface area contributed by atoms with E-state index < -0.39 is 60.4 Å². The Balaban J connectivity index is 2.31. The molecule has 9 heteroatoms. The quantitative estimate of drug-likeness (QED) is 0.487. The summed E-state index contributed by atoms with van der Waals surface area (Å²) >= 11 is -2.36. The van der Waals surface area contributed by atoms with Crippen LogP contribution in [0, 0.1) is 22.7 Å². The van der Waals surface area contributed by atoms with Gasteiger partial charge in [-0.25, -0.2) is 0 Å². The molecule has 1 saturated heterocycles. The Kier molecular flexibility index (Phi) is 7.01. The van der Waals surface area contributed by atoms with Crippen LogP contribution in [0.1, 0.15) is 54.9 Å². The van der Waals surface area contributed by atoms with Crippen LogP contribution in [-0.4, -0.2) is 93.9 Å². The van der Waals surface area contributed by atoms with Crippen LogP contribution >= 0.6 is 0 Å². The molecule has 0 aromatic carbocycles. The number of carboxylic acids is 1. The molecule has 5 atom stereocenters. The molecule has 7 nitrogen and oxygen atoms in total. The van der Waals surface area contributed by atoms with E-state index >= 15 is 4.39 Å². The van der Waals surface area contributed by atoms with Crippen molar-refractivity contribution in [2.24, 2.45) is 28.4 Å². The molecule has 5 unspecified atom stereocenters. The van der Waals surface area contributed by atoms with E-state index in [0.29, 0.717) is 27.6 Å². The molecule has 3 heterocycles. The number of fused-ring (bicyclic) bond motifs is 1. The SMILES string of the molecule is CCN(CC)CCN1/C(=C2\[C]3=[In][C](F)(CC3=O)C2(C(=O)O)C(C)(C)C)C(C)C(C(N)=O)C1C. The number of hydrogen-bond donors (Lipinski definition) is 2. The van der Waals surface area contributed by atoms with E-state index in [9.17, 15) is 19.5 Å². The standard InChI is InChI=1S/C24H37FN3O4.In/c1-8-27(9-2)10-11-28-15(4)19(21(26)30)14(3)20(28)17-12-16(29)13-18(25)24(17,22(31)32)23(5,6)7;/h14-15,19H,8-11,13H2,1-7H3,(H2,26,30)(H,31,32);/b20-17+;. The second-order valence-electron chi connectivity index (χ2n) is 10.8. The molecule has 2 bridgehead atoms. The van der Waals surface area contributed by atoms with Crippen LogP contribution in [0.25, 0.3) is 0 Å². The molecule has 3 rings (SSSR count). The molecule has 0 aromatic rings. The Morgan fingerprint density at radius 2 is 1.85 bits per heavy atom.